The normalized spacial score (nSPS) is 16.7. The zero-order chi connectivity index (χ0) is 12.6. The van der Waals surface area contributed by atoms with Gasteiger partial charge in [-0.25, -0.2) is 8.78 Å². The number of amides is 1. The molecule has 0 aliphatic heterocycles. The number of nitrogens with one attached hydrogen (secondary N) is 1. The van der Waals surface area contributed by atoms with E-state index in [0.29, 0.717) is 0 Å². The molecule has 1 fully saturated rings. The molecule has 0 unspecified atom stereocenters. The summed E-state index contributed by atoms with van der Waals surface area (Å²) in [6, 6.07) is 2.39. The van der Waals surface area contributed by atoms with Gasteiger partial charge in [-0.15, -0.1) is 11.6 Å². The van der Waals surface area contributed by atoms with Crippen LogP contribution in [-0.2, 0) is 0 Å². The van der Waals surface area contributed by atoms with Gasteiger partial charge in [-0.2, -0.15) is 0 Å². The van der Waals surface area contributed by atoms with Crippen molar-refractivity contribution in [2.24, 2.45) is 0 Å². The van der Waals surface area contributed by atoms with E-state index in [0.717, 1.165) is 18.9 Å². The fourth-order valence-corrected chi connectivity index (χ4v) is 1.95. The SMILES string of the molecule is Cc1ccc(F)c(C(=O)NC2(CCl)CC2)c1F. The molecular weight excluding hydrogens is 248 g/mol. The van der Waals surface area contributed by atoms with E-state index >= 15 is 0 Å². The van der Waals surface area contributed by atoms with Gasteiger partial charge in [0.1, 0.15) is 17.2 Å². The van der Waals surface area contributed by atoms with Gasteiger partial charge in [0.15, 0.2) is 0 Å². The van der Waals surface area contributed by atoms with Gasteiger partial charge in [0, 0.05) is 5.88 Å². The Balaban J connectivity index is 2.28. The third-order valence-corrected chi connectivity index (χ3v) is 3.51. The summed E-state index contributed by atoms with van der Waals surface area (Å²) in [6.45, 7) is 1.49. The quantitative estimate of drug-likeness (QED) is 0.831. The van der Waals surface area contributed by atoms with E-state index in [4.69, 9.17) is 11.6 Å². The molecule has 1 saturated carbocycles. The van der Waals surface area contributed by atoms with Crippen molar-refractivity contribution in [3.63, 3.8) is 0 Å². The molecule has 1 N–H and O–H groups in total. The van der Waals surface area contributed by atoms with Crippen molar-refractivity contribution in [2.75, 3.05) is 5.88 Å². The highest BCUT2D eigenvalue weighted by Crippen LogP contribution is 2.36. The van der Waals surface area contributed by atoms with E-state index in [-0.39, 0.29) is 11.4 Å². The standard InChI is InChI=1S/C12H12ClF2NO/c1-7-2-3-8(14)9(10(7)15)11(17)16-12(6-13)4-5-12/h2-3H,4-6H2,1H3,(H,16,17). The van der Waals surface area contributed by atoms with Crippen molar-refractivity contribution in [1.29, 1.82) is 0 Å². The monoisotopic (exact) mass is 259 g/mol. The molecule has 0 saturated heterocycles. The second-order valence-corrected chi connectivity index (χ2v) is 4.69. The van der Waals surface area contributed by atoms with Crippen LogP contribution in [0.15, 0.2) is 12.1 Å². The van der Waals surface area contributed by atoms with Crippen molar-refractivity contribution in [1.82, 2.24) is 5.32 Å². The van der Waals surface area contributed by atoms with Crippen LogP contribution in [0.2, 0.25) is 0 Å². The van der Waals surface area contributed by atoms with Gasteiger partial charge in [-0.1, -0.05) is 6.07 Å². The number of carbonyl (C=O) groups is 1. The Morgan fingerprint density at radius 2 is 2.12 bits per heavy atom. The molecule has 2 rings (SSSR count). The summed E-state index contributed by atoms with van der Waals surface area (Å²) >= 11 is 5.70. The maximum Gasteiger partial charge on any atom is 0.257 e. The number of carbonyl (C=O) groups excluding carboxylic acids is 1. The molecule has 5 heteroatoms. The molecule has 1 aliphatic rings. The summed E-state index contributed by atoms with van der Waals surface area (Å²) < 4.78 is 27.1. The Morgan fingerprint density at radius 1 is 1.47 bits per heavy atom. The molecule has 0 atom stereocenters. The summed E-state index contributed by atoms with van der Waals surface area (Å²) in [7, 11) is 0. The van der Waals surface area contributed by atoms with Crippen LogP contribution in [0.25, 0.3) is 0 Å². The molecule has 92 valence electrons. The van der Waals surface area contributed by atoms with Crippen LogP contribution >= 0.6 is 11.6 Å². The molecule has 2 nitrogen and oxygen atoms in total. The highest BCUT2D eigenvalue weighted by Gasteiger charge is 2.44. The van der Waals surface area contributed by atoms with Crippen LogP contribution in [0.5, 0.6) is 0 Å². The fraction of sp³-hybridized carbons (Fsp3) is 0.417. The predicted octanol–water partition coefficient (Wildman–Crippen LogP) is 2.77. The third-order valence-electron chi connectivity index (χ3n) is 3.00. The first kappa shape index (κ1) is 12.3. The first-order chi connectivity index (χ1) is 7.99. The van der Waals surface area contributed by atoms with Crippen molar-refractivity contribution < 1.29 is 13.6 Å². The van der Waals surface area contributed by atoms with E-state index in [2.05, 4.69) is 5.32 Å². The summed E-state index contributed by atoms with van der Waals surface area (Å²) in [6.07, 6.45) is 1.49. The highest BCUT2D eigenvalue weighted by atomic mass is 35.5. The third kappa shape index (κ3) is 2.27. The molecule has 0 bridgehead atoms. The number of hydrogen-bond donors (Lipinski definition) is 1. The average molecular weight is 260 g/mol. The van der Waals surface area contributed by atoms with Gasteiger partial charge in [0.05, 0.1) is 5.54 Å². The first-order valence-corrected chi connectivity index (χ1v) is 5.86. The van der Waals surface area contributed by atoms with Gasteiger partial charge in [0.2, 0.25) is 0 Å². The molecule has 1 amide bonds. The summed E-state index contributed by atoms with van der Waals surface area (Å²) in [5.74, 6) is -2.14. The van der Waals surface area contributed by atoms with Crippen LogP contribution in [0.1, 0.15) is 28.8 Å². The lowest BCUT2D eigenvalue weighted by atomic mass is 10.1. The first-order valence-electron chi connectivity index (χ1n) is 5.32. The maximum atomic E-state index is 13.7. The Morgan fingerprint density at radius 3 is 2.65 bits per heavy atom. The lowest BCUT2D eigenvalue weighted by Gasteiger charge is -2.15. The minimum Gasteiger partial charge on any atom is -0.345 e. The molecule has 0 heterocycles. The molecule has 1 aliphatic carbocycles. The second kappa shape index (κ2) is 4.26. The molecule has 0 aromatic heterocycles. The van der Waals surface area contributed by atoms with E-state index in [1.807, 2.05) is 0 Å². The zero-order valence-electron chi connectivity index (χ0n) is 9.32. The topological polar surface area (TPSA) is 29.1 Å². The molecule has 0 spiro atoms. The highest BCUT2D eigenvalue weighted by molar-refractivity contribution is 6.19. The van der Waals surface area contributed by atoms with E-state index < -0.39 is 28.6 Å². The molecular formula is C12H12ClF2NO. The average Bonchev–Trinajstić information content (AvgIpc) is 3.05. The van der Waals surface area contributed by atoms with E-state index in [1.165, 1.54) is 13.0 Å². The van der Waals surface area contributed by atoms with Crippen molar-refractivity contribution in [2.45, 2.75) is 25.3 Å². The summed E-state index contributed by atoms with van der Waals surface area (Å²) in [5.41, 5.74) is -0.755. The van der Waals surface area contributed by atoms with E-state index in [1.54, 1.807) is 0 Å². The summed E-state index contributed by atoms with van der Waals surface area (Å²) in [5, 5.41) is 2.59. The van der Waals surface area contributed by atoms with Crippen LogP contribution < -0.4 is 5.32 Å². The number of alkyl halides is 1. The van der Waals surface area contributed by atoms with Crippen LogP contribution in [0.4, 0.5) is 8.78 Å². The van der Waals surface area contributed by atoms with Crippen LogP contribution in [0.3, 0.4) is 0 Å². The van der Waals surface area contributed by atoms with Gasteiger partial charge in [-0.05, 0) is 31.4 Å². The minimum atomic E-state index is -0.851. The number of benzene rings is 1. The van der Waals surface area contributed by atoms with E-state index in [9.17, 15) is 13.6 Å². The van der Waals surface area contributed by atoms with Crippen molar-refractivity contribution in [3.05, 3.63) is 34.9 Å². The van der Waals surface area contributed by atoms with Crippen LogP contribution in [-0.4, -0.2) is 17.3 Å². The number of halogens is 3. The van der Waals surface area contributed by atoms with Crippen LogP contribution in [0, 0.1) is 18.6 Å². The maximum absolute atomic E-state index is 13.7. The Kier molecular flexibility index (Phi) is 3.08. The largest absolute Gasteiger partial charge is 0.345 e. The number of rotatable bonds is 3. The molecule has 17 heavy (non-hydrogen) atoms. The minimum absolute atomic E-state index is 0.243. The Hall–Kier alpha value is -1.16. The Labute approximate surface area is 103 Å². The van der Waals surface area contributed by atoms with Gasteiger partial charge in [0.25, 0.3) is 5.91 Å². The second-order valence-electron chi connectivity index (χ2n) is 4.42. The van der Waals surface area contributed by atoms with Gasteiger partial charge in [-0.3, -0.25) is 4.79 Å². The lowest BCUT2D eigenvalue weighted by Crippen LogP contribution is -2.39. The van der Waals surface area contributed by atoms with Crippen molar-refractivity contribution in [3.8, 4) is 0 Å². The smallest absolute Gasteiger partial charge is 0.257 e. The summed E-state index contributed by atoms with van der Waals surface area (Å²) in [4.78, 5) is 11.8. The van der Waals surface area contributed by atoms with Gasteiger partial charge < -0.3 is 5.32 Å². The number of aryl methyl sites for hydroxylation is 1. The number of hydrogen-bond acceptors (Lipinski definition) is 1. The predicted molar refractivity (Wildman–Crippen MR) is 61.2 cm³/mol. The Bertz CT molecular complexity index is 472. The van der Waals surface area contributed by atoms with Gasteiger partial charge >= 0.3 is 0 Å². The lowest BCUT2D eigenvalue weighted by molar-refractivity contribution is 0.0927. The molecule has 1 aromatic carbocycles. The molecule has 1 aromatic rings. The molecule has 0 radical (unpaired) electrons. The zero-order valence-corrected chi connectivity index (χ0v) is 10.1. The fourth-order valence-electron chi connectivity index (χ4n) is 1.61. The van der Waals surface area contributed by atoms with Crippen molar-refractivity contribution >= 4 is 17.5 Å².